The molecule has 0 atom stereocenters. The van der Waals surface area contributed by atoms with Gasteiger partial charge in [0.15, 0.2) is 11.4 Å². The van der Waals surface area contributed by atoms with Crippen LogP contribution < -0.4 is 20.4 Å². The molecule has 1 saturated carbocycles. The van der Waals surface area contributed by atoms with Crippen molar-refractivity contribution in [2.45, 2.75) is 102 Å². The zero-order chi connectivity index (χ0) is 43.8. The fourth-order valence-corrected chi connectivity index (χ4v) is 6.71. The summed E-state index contributed by atoms with van der Waals surface area (Å²) in [6.45, 7) is 5.13. The third kappa shape index (κ3) is 12.6. The molecule has 5 heterocycles. The Morgan fingerprint density at radius 1 is 0.831 bits per heavy atom. The van der Waals surface area contributed by atoms with Crippen LogP contribution in [0.2, 0.25) is 0 Å². The number of carbonyl (C=O) groups excluding carboxylic acids is 2. The summed E-state index contributed by atoms with van der Waals surface area (Å²) in [7, 11) is 0. The number of aromatic nitrogens is 5. The Hall–Kier alpha value is -4.89. The molecule has 59 heavy (non-hydrogen) atoms. The number of aliphatic hydroxyl groups is 1. The summed E-state index contributed by atoms with van der Waals surface area (Å²) in [5, 5.41) is 27.9. The number of aliphatic hydroxyl groups excluding tert-OH is 1. The average Bonchev–Trinajstić information content (AvgIpc) is 3.46. The lowest BCUT2D eigenvalue weighted by molar-refractivity contribution is -0.141. The summed E-state index contributed by atoms with van der Waals surface area (Å²) < 4.78 is 134. The average molecular weight is 854 g/mol. The Kier molecular flexibility index (Phi) is 15.4. The van der Waals surface area contributed by atoms with E-state index in [1.54, 1.807) is 0 Å². The van der Waals surface area contributed by atoms with Crippen LogP contribution in [0.25, 0.3) is 0 Å². The van der Waals surface area contributed by atoms with Gasteiger partial charge in [-0.15, -0.1) is 10.2 Å². The molecule has 0 radical (unpaired) electrons. The van der Waals surface area contributed by atoms with Crippen LogP contribution in [0, 0.1) is 12.8 Å². The minimum absolute atomic E-state index is 0.00346. The standard InChI is InChI=1S/C19H24F5N3O2.C16H15F5N6O.C2H6/c1-11-14(19(22,23)24)9-25-16(27-5-2-3-18(20,21)4-6-27)15(11)17(29)26-13-7-12(8-13)10-28;17-15(18)3-1-6-27(7-4-15)11-8-12(16(19,20)21)25-26-13(11)14(28)24-10-2-5-22-23-9-10;1-2/h9,12-13,28H,2-8,10H2,1H3,(H,26,29);2,5,8-9H,1,3-4,6-7H2,(H,22,24,28);1-2H3. The Bertz CT molecular complexity index is 1880. The number of rotatable bonds is 7. The number of hydrogen-bond donors (Lipinski definition) is 3. The Morgan fingerprint density at radius 2 is 1.44 bits per heavy atom. The predicted octanol–water partition coefficient (Wildman–Crippen LogP) is 7.72. The van der Waals surface area contributed by atoms with Crippen molar-refractivity contribution in [3.8, 4) is 0 Å². The molecule has 3 aliphatic rings. The van der Waals surface area contributed by atoms with Crippen LogP contribution in [0.3, 0.4) is 0 Å². The number of nitrogens with one attached hydrogen (secondary N) is 2. The Labute approximate surface area is 333 Å². The lowest BCUT2D eigenvalue weighted by Crippen LogP contribution is -2.46. The van der Waals surface area contributed by atoms with Gasteiger partial charge in [0.25, 0.3) is 11.8 Å². The number of alkyl halides is 10. The second-order valence-electron chi connectivity index (χ2n) is 14.1. The molecule has 326 valence electrons. The van der Waals surface area contributed by atoms with Gasteiger partial charge in [0.2, 0.25) is 11.8 Å². The van der Waals surface area contributed by atoms with E-state index in [9.17, 15) is 53.5 Å². The summed E-state index contributed by atoms with van der Waals surface area (Å²) in [5.41, 5.74) is -3.16. The quantitative estimate of drug-likeness (QED) is 0.202. The van der Waals surface area contributed by atoms with Gasteiger partial charge in [-0.05, 0) is 56.2 Å². The third-order valence-corrected chi connectivity index (χ3v) is 9.88. The predicted molar refractivity (Wildman–Crippen MR) is 195 cm³/mol. The highest BCUT2D eigenvalue weighted by atomic mass is 19.4. The van der Waals surface area contributed by atoms with Crippen LogP contribution in [0.1, 0.15) is 103 Å². The molecule has 1 aliphatic carbocycles. The van der Waals surface area contributed by atoms with Gasteiger partial charge in [-0.25, -0.2) is 22.5 Å². The molecule has 3 fully saturated rings. The normalized spacial score (nSPS) is 20.3. The molecule has 22 heteroatoms. The van der Waals surface area contributed by atoms with E-state index in [2.05, 4.69) is 36.0 Å². The summed E-state index contributed by atoms with van der Waals surface area (Å²) in [6, 6.07) is 1.85. The highest BCUT2D eigenvalue weighted by molar-refractivity contribution is 6.06. The number of anilines is 3. The molecule has 0 spiro atoms. The first-order valence-corrected chi connectivity index (χ1v) is 18.9. The van der Waals surface area contributed by atoms with E-state index in [0.717, 1.165) is 0 Å². The SMILES string of the molecule is CC.Cc1c(C(F)(F)F)cnc(N2CCCC(F)(F)CC2)c1C(=O)NC1CC(CO)C1.O=C(Nc1ccnnc1)c1nnc(C(F)(F)F)cc1N1CCCC(F)(F)CC1. The molecule has 0 unspecified atom stereocenters. The van der Waals surface area contributed by atoms with E-state index in [1.807, 2.05) is 13.8 Å². The molecule has 0 aromatic carbocycles. The van der Waals surface area contributed by atoms with Gasteiger partial charge in [-0.3, -0.25) is 9.59 Å². The monoisotopic (exact) mass is 853 g/mol. The highest BCUT2D eigenvalue weighted by Crippen LogP contribution is 2.38. The second-order valence-corrected chi connectivity index (χ2v) is 14.1. The maximum absolute atomic E-state index is 13.7. The number of pyridine rings is 1. The van der Waals surface area contributed by atoms with Crippen LogP contribution in [-0.2, 0) is 12.4 Å². The molecule has 3 N–H and O–H groups in total. The van der Waals surface area contributed by atoms with Crippen molar-refractivity contribution >= 4 is 29.0 Å². The van der Waals surface area contributed by atoms with Gasteiger partial charge < -0.3 is 25.5 Å². The summed E-state index contributed by atoms with van der Waals surface area (Å²) in [6.07, 6.45) is -6.64. The molecule has 12 nitrogen and oxygen atoms in total. The van der Waals surface area contributed by atoms with Crippen molar-refractivity contribution < 1.29 is 58.6 Å². The van der Waals surface area contributed by atoms with Crippen LogP contribution in [0.15, 0.2) is 30.7 Å². The van der Waals surface area contributed by atoms with Gasteiger partial charge in [0.05, 0.1) is 34.9 Å². The molecular weight excluding hydrogens is 808 g/mol. The van der Waals surface area contributed by atoms with Crippen LogP contribution in [0.4, 0.5) is 61.1 Å². The first-order valence-electron chi connectivity index (χ1n) is 18.9. The minimum atomic E-state index is -4.79. The molecule has 3 aromatic rings. The first kappa shape index (κ1) is 46.8. The number of carbonyl (C=O) groups is 2. The lowest BCUT2D eigenvalue weighted by Gasteiger charge is -2.35. The van der Waals surface area contributed by atoms with Crippen LogP contribution >= 0.6 is 0 Å². The third-order valence-electron chi connectivity index (χ3n) is 9.88. The lowest BCUT2D eigenvalue weighted by atomic mass is 9.81. The van der Waals surface area contributed by atoms with Crippen LogP contribution in [-0.4, -0.2) is 93.0 Å². The summed E-state index contributed by atoms with van der Waals surface area (Å²) in [5.74, 6) is -7.22. The number of halogens is 10. The zero-order valence-electron chi connectivity index (χ0n) is 32.4. The van der Waals surface area contributed by atoms with E-state index in [4.69, 9.17) is 5.11 Å². The van der Waals surface area contributed by atoms with E-state index < -0.39 is 65.8 Å². The van der Waals surface area contributed by atoms with E-state index in [-0.39, 0.29) is 98.7 Å². The smallest absolute Gasteiger partial charge is 0.396 e. The van der Waals surface area contributed by atoms with Gasteiger partial charge in [-0.1, -0.05) is 13.8 Å². The molecule has 2 saturated heterocycles. The van der Waals surface area contributed by atoms with Gasteiger partial charge in [-0.2, -0.15) is 36.5 Å². The number of hydrogen-bond acceptors (Lipinski definition) is 10. The van der Waals surface area contributed by atoms with Gasteiger partial charge in [0, 0.05) is 70.7 Å². The Morgan fingerprint density at radius 3 is 2.00 bits per heavy atom. The number of nitrogens with zero attached hydrogens (tertiary/aromatic N) is 7. The fourth-order valence-electron chi connectivity index (χ4n) is 6.71. The maximum Gasteiger partial charge on any atom is 0.435 e. The first-order chi connectivity index (χ1) is 27.7. The maximum atomic E-state index is 13.7. The van der Waals surface area contributed by atoms with Crippen molar-refractivity contribution in [3.63, 3.8) is 0 Å². The minimum Gasteiger partial charge on any atom is -0.396 e. The van der Waals surface area contributed by atoms with Crippen molar-refractivity contribution in [1.29, 1.82) is 0 Å². The largest absolute Gasteiger partial charge is 0.435 e. The van der Waals surface area contributed by atoms with Crippen LogP contribution in [0.5, 0.6) is 0 Å². The highest BCUT2D eigenvalue weighted by Gasteiger charge is 2.40. The molecular formula is C37H45F10N9O3. The molecule has 3 aromatic heterocycles. The van der Waals surface area contributed by atoms with Gasteiger partial charge in [0.1, 0.15) is 5.82 Å². The van der Waals surface area contributed by atoms with Gasteiger partial charge >= 0.3 is 12.4 Å². The summed E-state index contributed by atoms with van der Waals surface area (Å²) >= 11 is 0. The van der Waals surface area contributed by atoms with Crippen molar-refractivity contribution in [3.05, 3.63) is 58.8 Å². The fraction of sp³-hybridized carbons (Fsp3) is 0.595. The molecule has 2 amide bonds. The van der Waals surface area contributed by atoms with E-state index in [0.29, 0.717) is 25.1 Å². The number of amides is 2. The van der Waals surface area contributed by atoms with Crippen molar-refractivity contribution in [2.24, 2.45) is 5.92 Å². The Balaban J connectivity index is 0.000000250. The zero-order valence-corrected chi connectivity index (χ0v) is 32.4. The second kappa shape index (κ2) is 19.4. The van der Waals surface area contributed by atoms with Crippen molar-refractivity contribution in [2.75, 3.05) is 47.9 Å². The van der Waals surface area contributed by atoms with E-state index >= 15 is 0 Å². The summed E-state index contributed by atoms with van der Waals surface area (Å²) in [4.78, 5) is 32.1. The van der Waals surface area contributed by atoms with Crippen molar-refractivity contribution in [1.82, 2.24) is 30.7 Å². The molecule has 0 bridgehead atoms. The molecule has 6 rings (SSSR count). The van der Waals surface area contributed by atoms with E-state index in [1.165, 1.54) is 35.2 Å². The topological polar surface area (TPSA) is 149 Å². The molecule has 2 aliphatic heterocycles.